The Morgan fingerprint density at radius 3 is 2.60 bits per heavy atom. The lowest BCUT2D eigenvalue weighted by molar-refractivity contribution is -0.132. The molecule has 1 aliphatic heterocycles. The van der Waals surface area contributed by atoms with E-state index in [1.54, 1.807) is 0 Å². The van der Waals surface area contributed by atoms with Crippen LogP contribution < -0.4 is 0 Å². The number of fused-ring (bicyclic) bond motifs is 1. The Hall–Kier alpha value is -2.66. The normalized spacial score (nSPS) is 15.6. The second kappa shape index (κ2) is 6.69. The molecule has 25 heavy (non-hydrogen) atoms. The summed E-state index contributed by atoms with van der Waals surface area (Å²) in [4.78, 5) is 24.8. The minimum Gasteiger partial charge on any atom is -0.340 e. The molecule has 1 saturated heterocycles. The molecule has 0 unspecified atom stereocenters. The Morgan fingerprint density at radius 2 is 1.84 bits per heavy atom. The van der Waals surface area contributed by atoms with Gasteiger partial charge in [0.15, 0.2) is 0 Å². The molecule has 0 saturated carbocycles. The number of H-pyrrole nitrogens is 1. The van der Waals surface area contributed by atoms with Crippen molar-refractivity contribution in [2.24, 2.45) is 0 Å². The summed E-state index contributed by atoms with van der Waals surface area (Å²) in [7, 11) is 2.10. The van der Waals surface area contributed by atoms with Crippen LogP contribution in [0, 0.1) is 0 Å². The fraction of sp³-hybridized carbons (Fsp3) is 0.300. The van der Waals surface area contributed by atoms with Crippen molar-refractivity contribution < 1.29 is 4.79 Å². The molecule has 0 radical (unpaired) electrons. The van der Waals surface area contributed by atoms with Gasteiger partial charge in [0.05, 0.1) is 17.5 Å². The zero-order valence-electron chi connectivity index (χ0n) is 14.4. The Morgan fingerprint density at radius 1 is 1.08 bits per heavy atom. The van der Waals surface area contributed by atoms with E-state index in [9.17, 15) is 4.79 Å². The lowest BCUT2D eigenvalue weighted by Crippen LogP contribution is -2.47. The van der Waals surface area contributed by atoms with Crippen LogP contribution in [0.5, 0.6) is 0 Å². The summed E-state index contributed by atoms with van der Waals surface area (Å²) in [6.45, 7) is 3.54. The van der Waals surface area contributed by atoms with E-state index in [0.29, 0.717) is 6.42 Å². The van der Waals surface area contributed by atoms with Gasteiger partial charge in [-0.15, -0.1) is 0 Å². The van der Waals surface area contributed by atoms with Gasteiger partial charge in [0.2, 0.25) is 5.91 Å². The zero-order valence-corrected chi connectivity index (χ0v) is 14.4. The Labute approximate surface area is 147 Å². The van der Waals surface area contributed by atoms with E-state index < -0.39 is 0 Å². The van der Waals surface area contributed by atoms with Crippen LogP contribution in [-0.4, -0.2) is 58.9 Å². The van der Waals surface area contributed by atoms with Gasteiger partial charge in [-0.1, -0.05) is 36.4 Å². The molecular formula is C20H22N4O. The highest BCUT2D eigenvalue weighted by Gasteiger charge is 2.19. The fourth-order valence-electron chi connectivity index (χ4n) is 3.24. The molecule has 5 heteroatoms. The van der Waals surface area contributed by atoms with E-state index in [4.69, 9.17) is 0 Å². The van der Waals surface area contributed by atoms with Gasteiger partial charge in [0.25, 0.3) is 0 Å². The largest absolute Gasteiger partial charge is 0.340 e. The van der Waals surface area contributed by atoms with Gasteiger partial charge in [0, 0.05) is 31.7 Å². The maximum atomic E-state index is 12.5. The highest BCUT2D eigenvalue weighted by atomic mass is 16.2. The van der Waals surface area contributed by atoms with Crippen LogP contribution in [0.4, 0.5) is 0 Å². The van der Waals surface area contributed by atoms with Gasteiger partial charge in [-0.3, -0.25) is 4.79 Å². The molecule has 1 aromatic heterocycles. The van der Waals surface area contributed by atoms with Crippen molar-refractivity contribution in [1.29, 1.82) is 0 Å². The molecule has 0 bridgehead atoms. The summed E-state index contributed by atoms with van der Waals surface area (Å²) in [6, 6.07) is 16.1. The number of aromatic nitrogens is 2. The SMILES string of the molecule is CN1CCN(C(=O)Cc2ccc3nc(-c4ccccc4)[nH]c3c2)CC1. The first-order valence-corrected chi connectivity index (χ1v) is 8.69. The minimum absolute atomic E-state index is 0.204. The lowest BCUT2D eigenvalue weighted by atomic mass is 10.1. The maximum Gasteiger partial charge on any atom is 0.227 e. The number of nitrogens with zero attached hydrogens (tertiary/aromatic N) is 3. The second-order valence-corrected chi connectivity index (χ2v) is 6.66. The number of likely N-dealkylation sites (N-methyl/N-ethyl adjacent to an activating group) is 1. The van der Waals surface area contributed by atoms with E-state index in [2.05, 4.69) is 21.9 Å². The van der Waals surface area contributed by atoms with Crippen molar-refractivity contribution in [1.82, 2.24) is 19.8 Å². The number of aromatic amines is 1. The third-order valence-corrected chi connectivity index (χ3v) is 4.80. The fourth-order valence-corrected chi connectivity index (χ4v) is 3.24. The second-order valence-electron chi connectivity index (χ2n) is 6.66. The zero-order chi connectivity index (χ0) is 17.2. The summed E-state index contributed by atoms with van der Waals surface area (Å²) >= 11 is 0. The monoisotopic (exact) mass is 334 g/mol. The van der Waals surface area contributed by atoms with Crippen LogP contribution in [0.1, 0.15) is 5.56 Å². The molecule has 5 nitrogen and oxygen atoms in total. The molecule has 0 spiro atoms. The molecule has 2 aromatic carbocycles. The topological polar surface area (TPSA) is 52.2 Å². The number of carbonyl (C=O) groups is 1. The van der Waals surface area contributed by atoms with Crippen LogP contribution in [-0.2, 0) is 11.2 Å². The van der Waals surface area contributed by atoms with Gasteiger partial charge < -0.3 is 14.8 Å². The molecule has 0 aliphatic carbocycles. The Bertz CT molecular complexity index is 879. The number of carbonyl (C=O) groups excluding carboxylic acids is 1. The molecule has 4 rings (SSSR count). The van der Waals surface area contributed by atoms with Gasteiger partial charge >= 0.3 is 0 Å². The molecule has 1 fully saturated rings. The number of imidazole rings is 1. The predicted molar refractivity (Wildman–Crippen MR) is 99.3 cm³/mol. The van der Waals surface area contributed by atoms with Crippen LogP contribution in [0.2, 0.25) is 0 Å². The average molecular weight is 334 g/mol. The first-order chi connectivity index (χ1) is 12.2. The lowest BCUT2D eigenvalue weighted by Gasteiger charge is -2.32. The number of nitrogens with one attached hydrogen (secondary N) is 1. The van der Waals surface area contributed by atoms with Crippen LogP contribution in [0.25, 0.3) is 22.4 Å². The molecule has 0 atom stereocenters. The number of hydrogen-bond donors (Lipinski definition) is 1. The third-order valence-electron chi connectivity index (χ3n) is 4.80. The quantitative estimate of drug-likeness (QED) is 0.801. The van der Waals surface area contributed by atoms with E-state index >= 15 is 0 Å². The number of rotatable bonds is 3. The molecular weight excluding hydrogens is 312 g/mol. The highest BCUT2D eigenvalue weighted by Crippen LogP contribution is 2.21. The van der Waals surface area contributed by atoms with Gasteiger partial charge in [0.1, 0.15) is 5.82 Å². The summed E-state index contributed by atoms with van der Waals surface area (Å²) in [5.74, 6) is 1.06. The molecule has 128 valence electrons. The number of benzene rings is 2. The molecule has 3 aromatic rings. The van der Waals surface area contributed by atoms with Crippen LogP contribution >= 0.6 is 0 Å². The maximum absolute atomic E-state index is 12.5. The molecule has 1 amide bonds. The summed E-state index contributed by atoms with van der Waals surface area (Å²) in [5.41, 5.74) is 3.99. The highest BCUT2D eigenvalue weighted by molar-refractivity contribution is 5.83. The van der Waals surface area contributed by atoms with Crippen molar-refractivity contribution in [3.63, 3.8) is 0 Å². The predicted octanol–water partition coefficient (Wildman–Crippen LogP) is 2.55. The van der Waals surface area contributed by atoms with E-state index in [1.807, 2.05) is 53.4 Å². The van der Waals surface area contributed by atoms with Gasteiger partial charge in [-0.05, 0) is 24.7 Å². The van der Waals surface area contributed by atoms with Gasteiger partial charge in [-0.25, -0.2) is 4.98 Å². The Kier molecular flexibility index (Phi) is 4.24. The van der Waals surface area contributed by atoms with E-state index in [1.165, 1.54) is 0 Å². The number of piperazine rings is 1. The Balaban J connectivity index is 1.52. The first kappa shape index (κ1) is 15.8. The molecule has 1 N–H and O–H groups in total. The molecule has 1 aliphatic rings. The summed E-state index contributed by atoms with van der Waals surface area (Å²) < 4.78 is 0. The summed E-state index contributed by atoms with van der Waals surface area (Å²) in [5, 5.41) is 0. The number of hydrogen-bond acceptors (Lipinski definition) is 3. The van der Waals surface area contributed by atoms with Crippen molar-refractivity contribution in [2.45, 2.75) is 6.42 Å². The number of amides is 1. The standard InChI is InChI=1S/C20H22N4O/c1-23-9-11-24(12-10-23)19(25)14-15-7-8-17-18(13-15)22-20(21-17)16-5-3-2-4-6-16/h2-8,13H,9-12,14H2,1H3,(H,21,22). The first-order valence-electron chi connectivity index (χ1n) is 8.69. The third kappa shape index (κ3) is 3.42. The smallest absolute Gasteiger partial charge is 0.227 e. The van der Waals surface area contributed by atoms with Crippen molar-refractivity contribution >= 4 is 16.9 Å². The van der Waals surface area contributed by atoms with Crippen molar-refractivity contribution in [3.8, 4) is 11.4 Å². The summed E-state index contributed by atoms with van der Waals surface area (Å²) in [6.07, 6.45) is 0.444. The average Bonchev–Trinajstić information content (AvgIpc) is 3.06. The van der Waals surface area contributed by atoms with Crippen LogP contribution in [0.15, 0.2) is 48.5 Å². The van der Waals surface area contributed by atoms with Crippen LogP contribution in [0.3, 0.4) is 0 Å². The van der Waals surface area contributed by atoms with E-state index in [-0.39, 0.29) is 5.91 Å². The molecule has 2 heterocycles. The minimum atomic E-state index is 0.204. The van der Waals surface area contributed by atoms with Crippen molar-refractivity contribution in [3.05, 3.63) is 54.1 Å². The van der Waals surface area contributed by atoms with E-state index in [0.717, 1.165) is 54.2 Å². The van der Waals surface area contributed by atoms with Gasteiger partial charge in [-0.2, -0.15) is 0 Å². The van der Waals surface area contributed by atoms with Crippen molar-refractivity contribution in [2.75, 3.05) is 33.2 Å².